The van der Waals surface area contributed by atoms with Gasteiger partial charge in [0, 0.05) is 11.6 Å². The van der Waals surface area contributed by atoms with Crippen LogP contribution >= 0.6 is 11.6 Å². The number of rotatable bonds is 7. The largest absolute Gasteiger partial charge is 0.497 e. The van der Waals surface area contributed by atoms with E-state index in [1.807, 2.05) is 24.3 Å². The molecule has 0 saturated carbocycles. The van der Waals surface area contributed by atoms with Gasteiger partial charge in [-0.3, -0.25) is 4.79 Å². The lowest BCUT2D eigenvalue weighted by molar-refractivity contribution is -0.127. The van der Waals surface area contributed by atoms with E-state index < -0.39 is 6.10 Å². The lowest BCUT2D eigenvalue weighted by atomic mass is 10.1. The van der Waals surface area contributed by atoms with Gasteiger partial charge in [0.25, 0.3) is 5.91 Å². The summed E-state index contributed by atoms with van der Waals surface area (Å²) in [5, 5.41) is 3.50. The van der Waals surface area contributed by atoms with Crippen molar-refractivity contribution in [1.82, 2.24) is 5.32 Å². The highest BCUT2D eigenvalue weighted by atomic mass is 35.5. The first-order chi connectivity index (χ1) is 11.1. The second-order valence-corrected chi connectivity index (χ2v) is 5.54. The Balaban J connectivity index is 1.75. The highest BCUT2D eigenvalue weighted by molar-refractivity contribution is 6.30. The summed E-state index contributed by atoms with van der Waals surface area (Å²) in [4.78, 5) is 12.0. The quantitative estimate of drug-likeness (QED) is 0.844. The van der Waals surface area contributed by atoms with Crippen molar-refractivity contribution in [2.24, 2.45) is 0 Å². The van der Waals surface area contributed by atoms with Gasteiger partial charge in [-0.2, -0.15) is 0 Å². The van der Waals surface area contributed by atoms with Crippen molar-refractivity contribution in [2.45, 2.75) is 19.4 Å². The minimum Gasteiger partial charge on any atom is -0.497 e. The Morgan fingerprint density at radius 2 is 1.70 bits per heavy atom. The van der Waals surface area contributed by atoms with E-state index in [-0.39, 0.29) is 5.91 Å². The van der Waals surface area contributed by atoms with E-state index in [0.29, 0.717) is 17.3 Å². The molecule has 23 heavy (non-hydrogen) atoms. The van der Waals surface area contributed by atoms with Crippen LogP contribution in [0.15, 0.2) is 48.5 Å². The number of amides is 1. The number of carbonyl (C=O) groups is 1. The average Bonchev–Trinajstić information content (AvgIpc) is 2.57. The van der Waals surface area contributed by atoms with Crippen molar-refractivity contribution in [1.29, 1.82) is 0 Å². The van der Waals surface area contributed by atoms with Crippen LogP contribution in [0.5, 0.6) is 11.5 Å². The van der Waals surface area contributed by atoms with Crippen LogP contribution < -0.4 is 14.8 Å². The lowest BCUT2D eigenvalue weighted by Crippen LogP contribution is -2.37. The third kappa shape index (κ3) is 5.49. The molecule has 0 aliphatic heterocycles. The molecule has 2 rings (SSSR count). The van der Waals surface area contributed by atoms with Crippen LogP contribution in [-0.4, -0.2) is 25.7 Å². The van der Waals surface area contributed by atoms with Gasteiger partial charge in [0.2, 0.25) is 0 Å². The first kappa shape index (κ1) is 17.2. The number of ether oxygens (including phenoxy) is 2. The maximum atomic E-state index is 12.0. The summed E-state index contributed by atoms with van der Waals surface area (Å²) in [6.45, 7) is 2.27. The smallest absolute Gasteiger partial charge is 0.260 e. The standard InChI is InChI=1S/C18H20ClNO3/c1-13(23-17-9-5-15(19)6-10-17)18(21)20-12-11-14-3-7-16(22-2)8-4-14/h3-10,13H,11-12H2,1-2H3,(H,20,21)/t13-/m0/s1. The summed E-state index contributed by atoms with van der Waals surface area (Å²) >= 11 is 5.81. The molecule has 0 radical (unpaired) electrons. The van der Waals surface area contributed by atoms with E-state index in [1.54, 1.807) is 38.3 Å². The lowest BCUT2D eigenvalue weighted by Gasteiger charge is -2.14. The zero-order valence-corrected chi connectivity index (χ0v) is 14.0. The van der Waals surface area contributed by atoms with E-state index in [9.17, 15) is 4.79 Å². The van der Waals surface area contributed by atoms with Crippen molar-refractivity contribution in [3.8, 4) is 11.5 Å². The molecule has 1 N–H and O–H groups in total. The summed E-state index contributed by atoms with van der Waals surface area (Å²) in [6, 6.07) is 14.7. The monoisotopic (exact) mass is 333 g/mol. The number of hydrogen-bond acceptors (Lipinski definition) is 3. The Hall–Kier alpha value is -2.20. The predicted molar refractivity (Wildman–Crippen MR) is 91.2 cm³/mol. The highest BCUT2D eigenvalue weighted by Gasteiger charge is 2.13. The number of methoxy groups -OCH3 is 1. The molecule has 1 atom stereocenters. The van der Waals surface area contributed by atoms with Gasteiger partial charge in [-0.05, 0) is 55.3 Å². The summed E-state index contributed by atoms with van der Waals surface area (Å²) in [5.41, 5.74) is 1.14. The number of halogens is 1. The van der Waals surface area contributed by atoms with Crippen LogP contribution in [0.3, 0.4) is 0 Å². The minimum absolute atomic E-state index is 0.145. The van der Waals surface area contributed by atoms with Gasteiger partial charge >= 0.3 is 0 Å². The van der Waals surface area contributed by atoms with Crippen LogP contribution in [-0.2, 0) is 11.2 Å². The van der Waals surface area contributed by atoms with Gasteiger partial charge < -0.3 is 14.8 Å². The second-order valence-electron chi connectivity index (χ2n) is 5.10. The van der Waals surface area contributed by atoms with Gasteiger partial charge in [0.1, 0.15) is 11.5 Å². The molecule has 0 saturated heterocycles. The Kier molecular flexibility index (Phi) is 6.29. The molecule has 0 unspecified atom stereocenters. The molecule has 5 heteroatoms. The molecule has 0 fully saturated rings. The summed E-state index contributed by atoms with van der Waals surface area (Å²) in [7, 11) is 1.64. The predicted octanol–water partition coefficient (Wildman–Crippen LogP) is 3.47. The molecule has 4 nitrogen and oxygen atoms in total. The maximum absolute atomic E-state index is 12.0. The Morgan fingerprint density at radius 3 is 2.30 bits per heavy atom. The first-order valence-corrected chi connectivity index (χ1v) is 7.79. The van der Waals surface area contributed by atoms with Gasteiger partial charge in [-0.25, -0.2) is 0 Å². The molecule has 122 valence electrons. The number of benzene rings is 2. The van der Waals surface area contributed by atoms with E-state index in [1.165, 1.54) is 0 Å². The molecule has 0 bridgehead atoms. The van der Waals surface area contributed by atoms with Crippen LogP contribution in [0.25, 0.3) is 0 Å². The van der Waals surface area contributed by atoms with E-state index >= 15 is 0 Å². The second kappa shape index (κ2) is 8.44. The molecule has 0 spiro atoms. The Morgan fingerprint density at radius 1 is 1.09 bits per heavy atom. The maximum Gasteiger partial charge on any atom is 0.260 e. The number of carbonyl (C=O) groups excluding carboxylic acids is 1. The fourth-order valence-corrected chi connectivity index (χ4v) is 2.16. The van der Waals surface area contributed by atoms with Crippen molar-refractivity contribution in [2.75, 3.05) is 13.7 Å². The zero-order chi connectivity index (χ0) is 16.7. The van der Waals surface area contributed by atoms with Gasteiger partial charge in [0.15, 0.2) is 6.10 Å². The number of nitrogens with one attached hydrogen (secondary N) is 1. The fourth-order valence-electron chi connectivity index (χ4n) is 2.04. The summed E-state index contributed by atoms with van der Waals surface area (Å²) in [5.74, 6) is 1.29. The molecule has 0 heterocycles. The Bertz CT molecular complexity index is 626. The van der Waals surface area contributed by atoms with Crippen molar-refractivity contribution < 1.29 is 14.3 Å². The molecule has 2 aromatic rings. The fraction of sp³-hybridized carbons (Fsp3) is 0.278. The highest BCUT2D eigenvalue weighted by Crippen LogP contribution is 2.16. The van der Waals surface area contributed by atoms with E-state index in [0.717, 1.165) is 17.7 Å². The first-order valence-electron chi connectivity index (χ1n) is 7.41. The van der Waals surface area contributed by atoms with Crippen LogP contribution in [0, 0.1) is 0 Å². The van der Waals surface area contributed by atoms with Gasteiger partial charge in [-0.15, -0.1) is 0 Å². The molecule has 0 aliphatic rings. The Labute approximate surface area is 141 Å². The topological polar surface area (TPSA) is 47.6 Å². The van der Waals surface area contributed by atoms with E-state index in [4.69, 9.17) is 21.1 Å². The average molecular weight is 334 g/mol. The SMILES string of the molecule is COc1ccc(CCNC(=O)[C@H](C)Oc2ccc(Cl)cc2)cc1. The van der Waals surface area contributed by atoms with Gasteiger partial charge in [0.05, 0.1) is 7.11 Å². The number of hydrogen-bond donors (Lipinski definition) is 1. The molecule has 0 aromatic heterocycles. The molecular formula is C18H20ClNO3. The van der Waals surface area contributed by atoms with Gasteiger partial charge in [-0.1, -0.05) is 23.7 Å². The van der Waals surface area contributed by atoms with E-state index in [2.05, 4.69) is 5.32 Å². The third-order valence-electron chi connectivity index (χ3n) is 3.37. The third-order valence-corrected chi connectivity index (χ3v) is 3.62. The van der Waals surface area contributed by atoms with Crippen LogP contribution in [0.4, 0.5) is 0 Å². The summed E-state index contributed by atoms with van der Waals surface area (Å²) in [6.07, 6.45) is 0.190. The van der Waals surface area contributed by atoms with Crippen LogP contribution in [0.2, 0.25) is 5.02 Å². The molecule has 1 amide bonds. The zero-order valence-electron chi connectivity index (χ0n) is 13.2. The molecule has 0 aliphatic carbocycles. The molecule has 2 aromatic carbocycles. The molecular weight excluding hydrogens is 314 g/mol. The summed E-state index contributed by atoms with van der Waals surface area (Å²) < 4.78 is 10.7. The minimum atomic E-state index is -0.563. The van der Waals surface area contributed by atoms with Crippen molar-refractivity contribution in [3.63, 3.8) is 0 Å². The normalized spacial score (nSPS) is 11.6. The van der Waals surface area contributed by atoms with Crippen molar-refractivity contribution >= 4 is 17.5 Å². The van der Waals surface area contributed by atoms with Crippen LogP contribution in [0.1, 0.15) is 12.5 Å². The van der Waals surface area contributed by atoms with Crippen molar-refractivity contribution in [3.05, 3.63) is 59.1 Å².